The Hall–Kier alpha value is -1.12. The molecule has 13 heavy (non-hydrogen) atoms. The summed E-state index contributed by atoms with van der Waals surface area (Å²) in [7, 11) is 0. The van der Waals surface area contributed by atoms with Crippen molar-refractivity contribution in [3.05, 3.63) is 12.2 Å². The molecule has 3 nitrogen and oxygen atoms in total. The Balaban J connectivity index is 3.50. The van der Waals surface area contributed by atoms with Crippen LogP contribution < -0.4 is 0 Å². The van der Waals surface area contributed by atoms with Crippen LogP contribution in [0.4, 0.5) is 0 Å². The molecule has 0 fully saturated rings. The first-order chi connectivity index (χ1) is 6.07. The lowest BCUT2D eigenvalue weighted by Gasteiger charge is -2.01. The second kappa shape index (κ2) is 6.40. The molecular formula is C10H16O3. The zero-order chi connectivity index (χ0) is 10.3. The smallest absolute Gasteiger partial charge is 0.305 e. The summed E-state index contributed by atoms with van der Waals surface area (Å²) in [4.78, 5) is 21.6. The van der Waals surface area contributed by atoms with Crippen molar-refractivity contribution in [3.63, 3.8) is 0 Å². The molecule has 0 N–H and O–H groups in total. The molecule has 0 rings (SSSR count). The molecule has 0 radical (unpaired) electrons. The Labute approximate surface area is 78.8 Å². The van der Waals surface area contributed by atoms with Crippen molar-refractivity contribution < 1.29 is 14.3 Å². The standard InChI is InChI=1S/C10H16O3/c1-4-13-10(12)7-5-6-8(2)9(3)11/h2,4-7H2,1,3H3. The van der Waals surface area contributed by atoms with Crippen LogP contribution in [0.1, 0.15) is 33.1 Å². The van der Waals surface area contributed by atoms with Gasteiger partial charge < -0.3 is 4.74 Å². The third-order valence-electron chi connectivity index (χ3n) is 1.66. The molecule has 0 aromatic carbocycles. The molecule has 0 saturated heterocycles. The van der Waals surface area contributed by atoms with E-state index in [0.29, 0.717) is 31.4 Å². The molecule has 0 aliphatic rings. The fourth-order valence-corrected chi connectivity index (χ4v) is 0.855. The number of carbonyl (C=O) groups excluding carboxylic acids is 2. The van der Waals surface area contributed by atoms with Gasteiger partial charge >= 0.3 is 5.97 Å². The number of ketones is 1. The molecule has 0 aromatic heterocycles. The van der Waals surface area contributed by atoms with E-state index in [1.807, 2.05) is 0 Å². The molecule has 0 saturated carbocycles. The maximum Gasteiger partial charge on any atom is 0.305 e. The minimum Gasteiger partial charge on any atom is -0.466 e. The lowest BCUT2D eigenvalue weighted by molar-refractivity contribution is -0.143. The van der Waals surface area contributed by atoms with Gasteiger partial charge in [-0.25, -0.2) is 0 Å². The highest BCUT2D eigenvalue weighted by Crippen LogP contribution is 2.06. The van der Waals surface area contributed by atoms with Crippen molar-refractivity contribution in [1.29, 1.82) is 0 Å². The zero-order valence-corrected chi connectivity index (χ0v) is 8.26. The van der Waals surface area contributed by atoms with Crippen molar-refractivity contribution in [2.75, 3.05) is 6.61 Å². The van der Waals surface area contributed by atoms with Gasteiger partial charge in [0.2, 0.25) is 0 Å². The van der Waals surface area contributed by atoms with Crippen LogP contribution >= 0.6 is 0 Å². The number of esters is 1. The average Bonchev–Trinajstić information content (AvgIpc) is 2.04. The van der Waals surface area contributed by atoms with E-state index in [4.69, 9.17) is 4.74 Å². The number of hydrogen-bond acceptors (Lipinski definition) is 3. The lowest BCUT2D eigenvalue weighted by atomic mass is 10.1. The van der Waals surface area contributed by atoms with Gasteiger partial charge in [-0.3, -0.25) is 9.59 Å². The zero-order valence-electron chi connectivity index (χ0n) is 8.26. The van der Waals surface area contributed by atoms with E-state index in [0.717, 1.165) is 0 Å². The summed E-state index contributed by atoms with van der Waals surface area (Å²) in [5.41, 5.74) is 0.573. The summed E-state index contributed by atoms with van der Waals surface area (Å²) < 4.78 is 4.73. The molecule has 0 aliphatic carbocycles. The van der Waals surface area contributed by atoms with E-state index in [-0.39, 0.29) is 11.8 Å². The molecule has 0 atom stereocenters. The first kappa shape index (κ1) is 11.9. The Kier molecular flexibility index (Phi) is 5.85. The van der Waals surface area contributed by atoms with Gasteiger partial charge in [0.1, 0.15) is 0 Å². The topological polar surface area (TPSA) is 43.4 Å². The van der Waals surface area contributed by atoms with E-state index in [2.05, 4.69) is 6.58 Å². The Morgan fingerprint density at radius 3 is 2.38 bits per heavy atom. The number of Topliss-reactive ketones (excluding diaryl/α,β-unsaturated/α-hetero) is 1. The molecule has 0 unspecified atom stereocenters. The first-order valence-corrected chi connectivity index (χ1v) is 4.42. The minimum atomic E-state index is -0.209. The molecule has 0 amide bonds. The van der Waals surface area contributed by atoms with Crippen molar-refractivity contribution >= 4 is 11.8 Å². The highest BCUT2D eigenvalue weighted by Gasteiger charge is 2.04. The van der Waals surface area contributed by atoms with E-state index >= 15 is 0 Å². The lowest BCUT2D eigenvalue weighted by Crippen LogP contribution is -2.04. The summed E-state index contributed by atoms with van der Waals surface area (Å²) in [5, 5.41) is 0. The largest absolute Gasteiger partial charge is 0.466 e. The first-order valence-electron chi connectivity index (χ1n) is 4.42. The predicted molar refractivity (Wildman–Crippen MR) is 50.3 cm³/mol. The normalized spacial score (nSPS) is 9.38. The maximum atomic E-state index is 10.9. The van der Waals surface area contributed by atoms with E-state index in [1.54, 1.807) is 6.92 Å². The third-order valence-corrected chi connectivity index (χ3v) is 1.66. The highest BCUT2D eigenvalue weighted by molar-refractivity contribution is 5.92. The van der Waals surface area contributed by atoms with Gasteiger partial charge in [-0.15, -0.1) is 0 Å². The number of carbonyl (C=O) groups is 2. The molecular weight excluding hydrogens is 168 g/mol. The Morgan fingerprint density at radius 1 is 1.31 bits per heavy atom. The molecule has 0 heterocycles. The van der Waals surface area contributed by atoms with Crippen LogP contribution in [-0.4, -0.2) is 18.4 Å². The molecule has 0 aliphatic heterocycles. The van der Waals surface area contributed by atoms with Crippen molar-refractivity contribution in [1.82, 2.24) is 0 Å². The third kappa shape index (κ3) is 6.08. The van der Waals surface area contributed by atoms with E-state index in [1.165, 1.54) is 6.92 Å². The van der Waals surface area contributed by atoms with Crippen LogP contribution in [0.25, 0.3) is 0 Å². The summed E-state index contributed by atoms with van der Waals surface area (Å²) >= 11 is 0. The number of hydrogen-bond donors (Lipinski definition) is 0. The Morgan fingerprint density at radius 2 is 1.92 bits per heavy atom. The monoisotopic (exact) mass is 184 g/mol. The molecule has 0 bridgehead atoms. The second-order valence-corrected chi connectivity index (χ2v) is 2.82. The predicted octanol–water partition coefficient (Wildman–Crippen LogP) is 1.86. The van der Waals surface area contributed by atoms with Gasteiger partial charge in [0.15, 0.2) is 5.78 Å². The Bertz CT molecular complexity index is 206. The SMILES string of the molecule is C=C(CCCC(=O)OCC)C(C)=O. The highest BCUT2D eigenvalue weighted by atomic mass is 16.5. The molecule has 3 heteroatoms. The number of allylic oxidation sites excluding steroid dienone is 1. The summed E-state index contributed by atoms with van der Waals surface area (Å²) in [6.07, 6.45) is 1.57. The second-order valence-electron chi connectivity index (χ2n) is 2.82. The van der Waals surface area contributed by atoms with Crippen molar-refractivity contribution in [2.24, 2.45) is 0 Å². The summed E-state index contributed by atoms with van der Waals surface area (Å²) in [5.74, 6) is -0.220. The van der Waals surface area contributed by atoms with Crippen molar-refractivity contribution in [3.8, 4) is 0 Å². The fraction of sp³-hybridized carbons (Fsp3) is 0.600. The van der Waals surface area contributed by atoms with Crippen LogP contribution in [0.15, 0.2) is 12.2 Å². The summed E-state index contributed by atoms with van der Waals surface area (Å²) in [6.45, 7) is 7.25. The number of ether oxygens (including phenoxy) is 1. The van der Waals surface area contributed by atoms with Gasteiger partial charge in [0.25, 0.3) is 0 Å². The van der Waals surface area contributed by atoms with Crippen LogP contribution in [0.3, 0.4) is 0 Å². The van der Waals surface area contributed by atoms with E-state index in [9.17, 15) is 9.59 Å². The molecule has 0 aromatic rings. The van der Waals surface area contributed by atoms with Gasteiger partial charge in [-0.05, 0) is 32.3 Å². The van der Waals surface area contributed by atoms with Gasteiger partial charge in [-0.2, -0.15) is 0 Å². The van der Waals surface area contributed by atoms with Crippen LogP contribution in [-0.2, 0) is 14.3 Å². The van der Waals surface area contributed by atoms with Crippen LogP contribution in [0.5, 0.6) is 0 Å². The van der Waals surface area contributed by atoms with Gasteiger partial charge in [0.05, 0.1) is 6.61 Å². The quantitative estimate of drug-likeness (QED) is 0.467. The molecule has 74 valence electrons. The average molecular weight is 184 g/mol. The van der Waals surface area contributed by atoms with Gasteiger partial charge in [-0.1, -0.05) is 6.58 Å². The van der Waals surface area contributed by atoms with Crippen LogP contribution in [0.2, 0.25) is 0 Å². The van der Waals surface area contributed by atoms with Gasteiger partial charge in [0, 0.05) is 6.42 Å². The summed E-state index contributed by atoms with van der Waals surface area (Å²) in [6, 6.07) is 0. The maximum absolute atomic E-state index is 10.9. The van der Waals surface area contributed by atoms with E-state index < -0.39 is 0 Å². The minimum absolute atomic E-state index is 0.0103. The van der Waals surface area contributed by atoms with Crippen LogP contribution in [0, 0.1) is 0 Å². The van der Waals surface area contributed by atoms with Crippen molar-refractivity contribution in [2.45, 2.75) is 33.1 Å². The number of rotatable bonds is 6. The molecule has 0 spiro atoms. The fourth-order valence-electron chi connectivity index (χ4n) is 0.855.